The largest absolute Gasteiger partial charge is 0.454 e. The molecular formula is C10H12ClNO2. The summed E-state index contributed by atoms with van der Waals surface area (Å²) < 4.78 is 10.6. The normalized spacial score (nSPS) is 13.3. The molecule has 0 amide bonds. The Bertz CT molecular complexity index is 341. The fourth-order valence-electron chi connectivity index (χ4n) is 1.49. The summed E-state index contributed by atoms with van der Waals surface area (Å²) in [7, 11) is 1.91. The van der Waals surface area contributed by atoms with Gasteiger partial charge in [-0.1, -0.05) is 11.6 Å². The molecule has 1 aliphatic rings. The van der Waals surface area contributed by atoms with E-state index in [1.165, 1.54) is 0 Å². The highest BCUT2D eigenvalue weighted by atomic mass is 35.5. The lowest BCUT2D eigenvalue weighted by atomic mass is 10.1. The van der Waals surface area contributed by atoms with E-state index in [9.17, 15) is 0 Å². The van der Waals surface area contributed by atoms with Gasteiger partial charge in [0.15, 0.2) is 11.5 Å². The second kappa shape index (κ2) is 4.07. The molecule has 1 heterocycles. The van der Waals surface area contributed by atoms with Crippen molar-refractivity contribution in [2.45, 2.75) is 6.42 Å². The highest BCUT2D eigenvalue weighted by Gasteiger charge is 2.19. The van der Waals surface area contributed by atoms with Gasteiger partial charge in [0.25, 0.3) is 0 Å². The van der Waals surface area contributed by atoms with Crippen LogP contribution in [0, 0.1) is 0 Å². The van der Waals surface area contributed by atoms with Gasteiger partial charge >= 0.3 is 0 Å². The number of fused-ring (bicyclic) bond motifs is 1. The van der Waals surface area contributed by atoms with Gasteiger partial charge in [0.05, 0.1) is 0 Å². The van der Waals surface area contributed by atoms with Crippen molar-refractivity contribution in [2.75, 3.05) is 20.4 Å². The molecule has 0 bridgehead atoms. The van der Waals surface area contributed by atoms with Crippen molar-refractivity contribution >= 4 is 11.6 Å². The zero-order valence-electron chi connectivity index (χ0n) is 7.97. The van der Waals surface area contributed by atoms with Crippen molar-refractivity contribution in [3.8, 4) is 11.5 Å². The quantitative estimate of drug-likeness (QED) is 0.831. The standard InChI is InChI=1S/C10H12ClNO2/c1-12-5-4-7-8(11)2-3-9-10(7)14-6-13-9/h2-3,12H,4-6H2,1H3. The molecule has 0 fully saturated rings. The van der Waals surface area contributed by atoms with Crippen LogP contribution in [0.2, 0.25) is 5.02 Å². The van der Waals surface area contributed by atoms with Crippen LogP contribution in [0.15, 0.2) is 12.1 Å². The molecule has 2 rings (SSSR count). The van der Waals surface area contributed by atoms with Crippen molar-refractivity contribution in [2.24, 2.45) is 0 Å². The molecule has 0 aromatic heterocycles. The third-order valence-electron chi connectivity index (χ3n) is 2.21. The first-order valence-corrected chi connectivity index (χ1v) is 4.92. The Hall–Kier alpha value is -0.930. The number of nitrogens with one attached hydrogen (secondary N) is 1. The molecule has 3 nitrogen and oxygen atoms in total. The fraction of sp³-hybridized carbons (Fsp3) is 0.400. The van der Waals surface area contributed by atoms with Crippen molar-refractivity contribution in [1.29, 1.82) is 0 Å². The molecule has 1 aromatic rings. The predicted octanol–water partition coefficient (Wildman–Crippen LogP) is 1.83. The number of benzene rings is 1. The number of rotatable bonds is 3. The second-order valence-corrected chi connectivity index (χ2v) is 3.52. The van der Waals surface area contributed by atoms with Crippen LogP contribution in [-0.4, -0.2) is 20.4 Å². The zero-order valence-corrected chi connectivity index (χ0v) is 8.73. The molecular weight excluding hydrogens is 202 g/mol. The Balaban J connectivity index is 2.31. The SMILES string of the molecule is CNCCc1c(Cl)ccc2c1OCO2. The molecule has 0 saturated heterocycles. The Labute approximate surface area is 88.0 Å². The maximum atomic E-state index is 6.08. The van der Waals surface area contributed by atoms with Crippen LogP contribution in [0.25, 0.3) is 0 Å². The van der Waals surface area contributed by atoms with Crippen molar-refractivity contribution in [1.82, 2.24) is 5.32 Å². The number of likely N-dealkylation sites (N-methyl/N-ethyl adjacent to an activating group) is 1. The summed E-state index contributed by atoms with van der Waals surface area (Å²) in [5.74, 6) is 1.59. The topological polar surface area (TPSA) is 30.5 Å². The van der Waals surface area contributed by atoms with Gasteiger partial charge in [-0.3, -0.25) is 0 Å². The molecule has 0 atom stereocenters. The predicted molar refractivity (Wildman–Crippen MR) is 55.2 cm³/mol. The molecule has 0 aliphatic carbocycles. The highest BCUT2D eigenvalue weighted by molar-refractivity contribution is 6.31. The van der Waals surface area contributed by atoms with Crippen molar-refractivity contribution in [3.05, 3.63) is 22.7 Å². The first-order chi connectivity index (χ1) is 6.83. The Morgan fingerprint density at radius 2 is 2.29 bits per heavy atom. The van der Waals surface area contributed by atoms with E-state index in [-0.39, 0.29) is 0 Å². The summed E-state index contributed by atoms with van der Waals surface area (Å²) in [5.41, 5.74) is 1.02. The van der Waals surface area contributed by atoms with E-state index in [0.717, 1.165) is 35.1 Å². The third-order valence-corrected chi connectivity index (χ3v) is 2.56. The molecule has 0 radical (unpaired) electrons. The molecule has 0 spiro atoms. The summed E-state index contributed by atoms with van der Waals surface area (Å²) in [6.07, 6.45) is 0.849. The second-order valence-electron chi connectivity index (χ2n) is 3.11. The van der Waals surface area contributed by atoms with Gasteiger partial charge in [0.2, 0.25) is 6.79 Å². The van der Waals surface area contributed by atoms with Crippen LogP contribution in [0.1, 0.15) is 5.56 Å². The Morgan fingerprint density at radius 1 is 1.43 bits per heavy atom. The number of halogens is 1. The monoisotopic (exact) mass is 213 g/mol. The van der Waals surface area contributed by atoms with Gasteiger partial charge in [-0.05, 0) is 32.1 Å². The number of hydrogen-bond acceptors (Lipinski definition) is 3. The first kappa shape index (κ1) is 9.62. The van der Waals surface area contributed by atoms with Gasteiger partial charge < -0.3 is 14.8 Å². The molecule has 1 N–H and O–H groups in total. The van der Waals surface area contributed by atoms with Gasteiger partial charge in [-0.15, -0.1) is 0 Å². The maximum absolute atomic E-state index is 6.08. The maximum Gasteiger partial charge on any atom is 0.231 e. The van der Waals surface area contributed by atoms with E-state index in [1.807, 2.05) is 19.2 Å². The van der Waals surface area contributed by atoms with Crippen LogP contribution in [0.5, 0.6) is 11.5 Å². The average molecular weight is 214 g/mol. The van der Waals surface area contributed by atoms with Crippen LogP contribution in [-0.2, 0) is 6.42 Å². The smallest absolute Gasteiger partial charge is 0.231 e. The van der Waals surface area contributed by atoms with Crippen LogP contribution < -0.4 is 14.8 Å². The lowest BCUT2D eigenvalue weighted by molar-refractivity contribution is 0.173. The van der Waals surface area contributed by atoms with Gasteiger partial charge in [0, 0.05) is 10.6 Å². The summed E-state index contributed by atoms with van der Waals surface area (Å²) in [6, 6.07) is 3.69. The molecule has 0 unspecified atom stereocenters. The summed E-state index contributed by atoms with van der Waals surface area (Å²) >= 11 is 6.08. The summed E-state index contributed by atoms with van der Waals surface area (Å²) in [4.78, 5) is 0. The van der Waals surface area contributed by atoms with E-state index in [2.05, 4.69) is 5.32 Å². The lowest BCUT2D eigenvalue weighted by Gasteiger charge is -2.07. The highest BCUT2D eigenvalue weighted by Crippen LogP contribution is 2.39. The fourth-order valence-corrected chi connectivity index (χ4v) is 1.73. The van der Waals surface area contributed by atoms with E-state index in [1.54, 1.807) is 0 Å². The molecule has 0 saturated carbocycles. The van der Waals surface area contributed by atoms with E-state index in [0.29, 0.717) is 6.79 Å². The number of hydrogen-bond donors (Lipinski definition) is 1. The number of ether oxygens (including phenoxy) is 2. The van der Waals surface area contributed by atoms with Gasteiger partial charge in [-0.2, -0.15) is 0 Å². The minimum absolute atomic E-state index is 0.294. The molecule has 4 heteroatoms. The van der Waals surface area contributed by atoms with E-state index in [4.69, 9.17) is 21.1 Å². The summed E-state index contributed by atoms with van der Waals surface area (Å²) in [5, 5.41) is 3.82. The molecule has 14 heavy (non-hydrogen) atoms. The zero-order chi connectivity index (χ0) is 9.97. The average Bonchev–Trinajstić information content (AvgIpc) is 2.64. The lowest BCUT2D eigenvalue weighted by Crippen LogP contribution is -2.11. The van der Waals surface area contributed by atoms with E-state index < -0.39 is 0 Å². The van der Waals surface area contributed by atoms with Crippen LogP contribution in [0.4, 0.5) is 0 Å². The first-order valence-electron chi connectivity index (χ1n) is 4.54. The van der Waals surface area contributed by atoms with Crippen LogP contribution in [0.3, 0.4) is 0 Å². The minimum atomic E-state index is 0.294. The Kier molecular flexibility index (Phi) is 2.79. The molecule has 1 aromatic carbocycles. The summed E-state index contributed by atoms with van der Waals surface area (Å²) in [6.45, 7) is 1.17. The molecule has 76 valence electrons. The van der Waals surface area contributed by atoms with Gasteiger partial charge in [-0.25, -0.2) is 0 Å². The van der Waals surface area contributed by atoms with Gasteiger partial charge in [0.1, 0.15) is 0 Å². The minimum Gasteiger partial charge on any atom is -0.454 e. The van der Waals surface area contributed by atoms with Crippen molar-refractivity contribution < 1.29 is 9.47 Å². The van der Waals surface area contributed by atoms with E-state index >= 15 is 0 Å². The Morgan fingerprint density at radius 3 is 3.07 bits per heavy atom. The van der Waals surface area contributed by atoms with Crippen molar-refractivity contribution in [3.63, 3.8) is 0 Å². The molecule has 1 aliphatic heterocycles. The van der Waals surface area contributed by atoms with Crippen LogP contribution >= 0.6 is 11.6 Å². The third kappa shape index (κ3) is 1.65.